The van der Waals surface area contributed by atoms with Crippen molar-refractivity contribution in [2.24, 2.45) is 11.7 Å². The van der Waals surface area contributed by atoms with Crippen LogP contribution in [0.25, 0.3) is 0 Å². The van der Waals surface area contributed by atoms with E-state index >= 15 is 0 Å². The largest absolute Gasteiger partial charge is 0.490 e. The van der Waals surface area contributed by atoms with Crippen LogP contribution in [0.15, 0.2) is 0 Å². The highest BCUT2D eigenvalue weighted by atomic mass is 19.4. The molecule has 11 nitrogen and oxygen atoms in total. The molecule has 0 saturated heterocycles. The topological polar surface area (TPSA) is 196 Å². The first kappa shape index (κ1) is 27.3. The molecular weight excluding hydrogens is 395 g/mol. The van der Waals surface area contributed by atoms with Crippen LogP contribution in [0.2, 0.25) is 0 Å². The second kappa shape index (κ2) is 12.5. The van der Waals surface area contributed by atoms with Gasteiger partial charge in [-0.25, -0.2) is 4.79 Å². The summed E-state index contributed by atoms with van der Waals surface area (Å²) in [7, 11) is 0. The second-order valence-electron chi connectivity index (χ2n) is 5.69. The third-order valence-electron chi connectivity index (χ3n) is 2.92. The van der Waals surface area contributed by atoms with Crippen LogP contribution in [0, 0.1) is 5.92 Å². The van der Waals surface area contributed by atoms with E-state index in [1.54, 1.807) is 13.8 Å². The van der Waals surface area contributed by atoms with Crippen LogP contribution in [0.4, 0.5) is 13.2 Å². The van der Waals surface area contributed by atoms with Crippen molar-refractivity contribution in [2.75, 3.05) is 6.54 Å². The van der Waals surface area contributed by atoms with Crippen molar-refractivity contribution >= 4 is 29.7 Å². The van der Waals surface area contributed by atoms with Crippen molar-refractivity contribution < 1.29 is 52.5 Å². The molecular formula is C14H22F3N3O8. The molecule has 0 radical (unpaired) electrons. The van der Waals surface area contributed by atoms with Crippen LogP contribution in [-0.4, -0.2) is 69.8 Å². The van der Waals surface area contributed by atoms with Crippen molar-refractivity contribution in [1.82, 2.24) is 10.6 Å². The minimum Gasteiger partial charge on any atom is -0.480 e. The summed E-state index contributed by atoms with van der Waals surface area (Å²) in [6, 6.07) is -2.04. The Kier molecular flexibility index (Phi) is 12.2. The van der Waals surface area contributed by atoms with Crippen LogP contribution in [0.1, 0.15) is 26.7 Å². The molecule has 0 bridgehead atoms. The summed E-state index contributed by atoms with van der Waals surface area (Å²) >= 11 is 0. The maximum atomic E-state index is 11.8. The normalized spacial score (nSPS) is 12.8. The van der Waals surface area contributed by atoms with Crippen LogP contribution >= 0.6 is 0 Å². The summed E-state index contributed by atoms with van der Waals surface area (Å²) in [5.41, 5.74) is 5.27. The van der Waals surface area contributed by atoms with Gasteiger partial charge >= 0.3 is 24.1 Å². The summed E-state index contributed by atoms with van der Waals surface area (Å²) in [6.07, 6.45) is -5.27. The fourth-order valence-corrected chi connectivity index (χ4v) is 1.46. The van der Waals surface area contributed by atoms with Crippen molar-refractivity contribution in [3.8, 4) is 0 Å². The van der Waals surface area contributed by atoms with Gasteiger partial charge in [-0.05, 0) is 12.3 Å². The first-order chi connectivity index (χ1) is 12.6. The molecule has 0 heterocycles. The predicted octanol–water partition coefficient (Wildman–Crippen LogP) is -0.847. The highest BCUT2D eigenvalue weighted by molar-refractivity contribution is 5.89. The molecule has 0 spiro atoms. The van der Waals surface area contributed by atoms with E-state index in [0.29, 0.717) is 0 Å². The van der Waals surface area contributed by atoms with E-state index in [2.05, 4.69) is 10.6 Å². The minimum atomic E-state index is -5.08. The molecule has 0 aliphatic rings. The summed E-state index contributed by atoms with van der Waals surface area (Å²) in [4.78, 5) is 53.2. The molecule has 0 aromatic heterocycles. The number of amides is 2. The van der Waals surface area contributed by atoms with Gasteiger partial charge in [0.25, 0.3) is 0 Å². The Morgan fingerprint density at radius 2 is 1.50 bits per heavy atom. The van der Waals surface area contributed by atoms with Crippen LogP contribution in [0.5, 0.6) is 0 Å². The lowest BCUT2D eigenvalue weighted by molar-refractivity contribution is -0.192. The quantitative estimate of drug-likeness (QED) is 0.277. The number of carbonyl (C=O) groups excluding carboxylic acids is 2. The predicted molar refractivity (Wildman–Crippen MR) is 86.0 cm³/mol. The Hall–Kier alpha value is -2.90. The van der Waals surface area contributed by atoms with Gasteiger partial charge in [0.1, 0.15) is 18.6 Å². The Bertz CT molecular complexity index is 581. The first-order valence-electron chi connectivity index (χ1n) is 7.66. The van der Waals surface area contributed by atoms with Gasteiger partial charge in [-0.2, -0.15) is 13.2 Å². The molecule has 0 aliphatic carbocycles. The summed E-state index contributed by atoms with van der Waals surface area (Å²) < 4.78 is 31.7. The highest BCUT2D eigenvalue weighted by Crippen LogP contribution is 2.13. The highest BCUT2D eigenvalue weighted by Gasteiger charge is 2.38. The molecule has 0 saturated carbocycles. The summed E-state index contributed by atoms with van der Waals surface area (Å²) in [5, 5.41) is 28.8. The van der Waals surface area contributed by atoms with Gasteiger partial charge < -0.3 is 31.7 Å². The van der Waals surface area contributed by atoms with E-state index in [1.165, 1.54) is 0 Å². The van der Waals surface area contributed by atoms with Crippen molar-refractivity contribution in [3.63, 3.8) is 0 Å². The fourth-order valence-electron chi connectivity index (χ4n) is 1.46. The molecule has 7 N–H and O–H groups in total. The lowest BCUT2D eigenvalue weighted by Gasteiger charge is -2.21. The van der Waals surface area contributed by atoms with Crippen molar-refractivity contribution in [1.29, 1.82) is 0 Å². The number of hydrogen-bond donors (Lipinski definition) is 6. The summed E-state index contributed by atoms with van der Waals surface area (Å²) in [6.45, 7) is 2.84. The molecule has 0 aliphatic heterocycles. The molecule has 162 valence electrons. The first-order valence-corrected chi connectivity index (χ1v) is 7.66. The van der Waals surface area contributed by atoms with Gasteiger partial charge in [0.15, 0.2) is 0 Å². The van der Waals surface area contributed by atoms with Gasteiger partial charge in [0, 0.05) is 6.42 Å². The molecule has 0 rings (SSSR count). The summed E-state index contributed by atoms with van der Waals surface area (Å²) in [5.74, 6) is -6.53. The van der Waals surface area contributed by atoms with E-state index < -0.39 is 54.5 Å². The number of alkyl halides is 3. The van der Waals surface area contributed by atoms with Gasteiger partial charge in [0.2, 0.25) is 11.8 Å². The number of carboxylic acid groups (broad SMARTS) is 3. The van der Waals surface area contributed by atoms with E-state index in [1.807, 2.05) is 0 Å². The number of nitrogens with two attached hydrogens (primary N) is 1. The lowest BCUT2D eigenvalue weighted by Crippen LogP contribution is -2.50. The number of aliphatic carboxylic acids is 3. The number of carboxylic acids is 3. The van der Waals surface area contributed by atoms with E-state index in [9.17, 15) is 32.3 Å². The number of hydrogen-bond acceptors (Lipinski definition) is 6. The van der Waals surface area contributed by atoms with E-state index in [0.717, 1.165) is 0 Å². The smallest absolute Gasteiger partial charge is 0.480 e. The molecule has 28 heavy (non-hydrogen) atoms. The van der Waals surface area contributed by atoms with Crippen LogP contribution in [0.3, 0.4) is 0 Å². The van der Waals surface area contributed by atoms with Crippen LogP contribution in [-0.2, 0) is 24.0 Å². The van der Waals surface area contributed by atoms with Crippen molar-refractivity contribution in [2.45, 2.75) is 44.9 Å². The van der Waals surface area contributed by atoms with Crippen molar-refractivity contribution in [3.05, 3.63) is 0 Å². The second-order valence-corrected chi connectivity index (χ2v) is 5.69. The Morgan fingerprint density at radius 1 is 1.04 bits per heavy atom. The number of rotatable bonds is 9. The van der Waals surface area contributed by atoms with Gasteiger partial charge in [0.05, 0.1) is 0 Å². The molecule has 0 unspecified atom stereocenters. The zero-order valence-electron chi connectivity index (χ0n) is 14.9. The lowest BCUT2D eigenvalue weighted by atomic mass is 10.0. The molecule has 0 aromatic carbocycles. The maximum Gasteiger partial charge on any atom is 0.490 e. The molecule has 14 heteroatoms. The van der Waals surface area contributed by atoms with Crippen LogP contribution < -0.4 is 16.4 Å². The molecule has 2 atom stereocenters. The zero-order valence-corrected chi connectivity index (χ0v) is 14.9. The number of halogens is 3. The number of carbonyl (C=O) groups is 5. The standard InChI is InChI=1S/C12H21N3O6.C2HF3O2/c1-6(2)10(11(19)14-5-9(17)18)15-8(16)4-3-7(13)12(20)21;3-2(4,5)1(6)7/h6-7,10H,3-5,13H2,1-2H3,(H,14,19)(H,15,16)(H,17,18)(H,20,21);(H,6,7)/t7-,10-;/m1./s1. The average molecular weight is 417 g/mol. The van der Waals surface area contributed by atoms with E-state index in [4.69, 9.17) is 25.8 Å². The average Bonchev–Trinajstić information content (AvgIpc) is 2.54. The Labute approximate surface area is 157 Å². The molecule has 2 amide bonds. The SMILES string of the molecule is CC(C)[C@@H](NC(=O)CC[C@@H](N)C(=O)O)C(=O)NCC(=O)O.O=C(O)C(F)(F)F. The molecule has 0 fully saturated rings. The Balaban J connectivity index is 0. The monoisotopic (exact) mass is 417 g/mol. The van der Waals surface area contributed by atoms with E-state index in [-0.39, 0.29) is 18.8 Å². The minimum absolute atomic E-state index is 0.0529. The van der Waals surface area contributed by atoms with Gasteiger partial charge in [-0.3, -0.25) is 19.2 Å². The number of nitrogens with one attached hydrogen (secondary N) is 2. The maximum absolute atomic E-state index is 11.8. The third kappa shape index (κ3) is 13.3. The fraction of sp³-hybridized carbons (Fsp3) is 0.643. The zero-order chi connectivity index (χ0) is 22.7. The van der Waals surface area contributed by atoms with Gasteiger partial charge in [-0.1, -0.05) is 13.8 Å². The molecule has 0 aromatic rings. The Morgan fingerprint density at radius 3 is 1.82 bits per heavy atom. The van der Waals surface area contributed by atoms with Gasteiger partial charge in [-0.15, -0.1) is 0 Å². The third-order valence-corrected chi connectivity index (χ3v) is 2.92.